The molecule has 1 fully saturated rings. The van der Waals surface area contributed by atoms with Crippen LogP contribution in [0, 0.1) is 6.92 Å². The van der Waals surface area contributed by atoms with Gasteiger partial charge in [0.1, 0.15) is 5.75 Å². The van der Waals surface area contributed by atoms with Gasteiger partial charge in [-0.15, -0.1) is 0 Å². The van der Waals surface area contributed by atoms with Crippen molar-refractivity contribution in [3.8, 4) is 5.75 Å². The molecule has 0 aromatic heterocycles. The van der Waals surface area contributed by atoms with Crippen molar-refractivity contribution in [1.82, 2.24) is 4.90 Å². The van der Waals surface area contributed by atoms with Gasteiger partial charge in [-0.2, -0.15) is 0 Å². The number of hydrogen-bond donors (Lipinski definition) is 1. The molecule has 1 amide bonds. The Labute approximate surface area is 159 Å². The summed E-state index contributed by atoms with van der Waals surface area (Å²) >= 11 is 6.01. The third kappa shape index (κ3) is 4.48. The van der Waals surface area contributed by atoms with Crippen molar-refractivity contribution in [2.75, 3.05) is 50.1 Å². The molecule has 0 spiro atoms. The monoisotopic (exact) mass is 373 g/mol. The first-order valence-electron chi connectivity index (χ1n) is 8.73. The number of benzene rings is 2. The van der Waals surface area contributed by atoms with Crippen LogP contribution >= 0.6 is 11.6 Å². The lowest BCUT2D eigenvalue weighted by atomic mass is 10.2. The molecule has 0 saturated carbocycles. The van der Waals surface area contributed by atoms with Crippen LogP contribution in [0.25, 0.3) is 0 Å². The predicted molar refractivity (Wildman–Crippen MR) is 106 cm³/mol. The maximum atomic E-state index is 12.4. The average Bonchev–Trinajstić information content (AvgIpc) is 2.65. The molecule has 2 aromatic rings. The van der Waals surface area contributed by atoms with E-state index >= 15 is 0 Å². The Kier molecular flexibility index (Phi) is 6.01. The number of para-hydroxylation sites is 2. The van der Waals surface area contributed by atoms with E-state index in [1.807, 2.05) is 37.3 Å². The minimum Gasteiger partial charge on any atom is -0.495 e. The van der Waals surface area contributed by atoms with Crippen molar-refractivity contribution in [1.29, 1.82) is 0 Å². The van der Waals surface area contributed by atoms with Crippen LogP contribution in [-0.2, 0) is 4.79 Å². The summed E-state index contributed by atoms with van der Waals surface area (Å²) in [5, 5.41) is 3.58. The second-order valence-corrected chi connectivity index (χ2v) is 6.88. The molecule has 26 heavy (non-hydrogen) atoms. The molecule has 3 rings (SSSR count). The summed E-state index contributed by atoms with van der Waals surface area (Å²) < 4.78 is 5.45. The first kappa shape index (κ1) is 18.5. The van der Waals surface area contributed by atoms with Gasteiger partial charge in [-0.3, -0.25) is 9.69 Å². The van der Waals surface area contributed by atoms with Crippen LogP contribution in [0.4, 0.5) is 11.4 Å². The number of methoxy groups -OCH3 is 1. The molecule has 1 aliphatic heterocycles. The van der Waals surface area contributed by atoms with Crippen LogP contribution in [0.15, 0.2) is 42.5 Å². The van der Waals surface area contributed by atoms with Gasteiger partial charge in [0.05, 0.1) is 19.3 Å². The van der Waals surface area contributed by atoms with Crippen molar-refractivity contribution in [3.05, 3.63) is 53.1 Å². The number of carbonyl (C=O) groups is 1. The van der Waals surface area contributed by atoms with E-state index in [-0.39, 0.29) is 5.91 Å². The Balaban J connectivity index is 1.54. The molecule has 0 bridgehead atoms. The zero-order valence-electron chi connectivity index (χ0n) is 15.2. The Hall–Kier alpha value is -2.24. The molecule has 5 nitrogen and oxygen atoms in total. The number of rotatable bonds is 5. The van der Waals surface area contributed by atoms with E-state index in [2.05, 4.69) is 21.2 Å². The normalized spacial score (nSPS) is 15.0. The van der Waals surface area contributed by atoms with Gasteiger partial charge in [-0.05, 0) is 36.8 Å². The van der Waals surface area contributed by atoms with Crippen molar-refractivity contribution in [2.45, 2.75) is 6.92 Å². The number of ether oxygens (including phenoxy) is 1. The number of aryl methyl sites for hydroxylation is 1. The third-order valence-electron chi connectivity index (χ3n) is 4.64. The van der Waals surface area contributed by atoms with Gasteiger partial charge >= 0.3 is 0 Å². The summed E-state index contributed by atoms with van der Waals surface area (Å²) in [6, 6.07) is 13.6. The number of amides is 1. The number of nitrogens with zero attached hydrogens (tertiary/aromatic N) is 2. The fraction of sp³-hybridized carbons (Fsp3) is 0.350. The highest BCUT2D eigenvalue weighted by Gasteiger charge is 2.21. The summed E-state index contributed by atoms with van der Waals surface area (Å²) in [7, 11) is 1.69. The molecule has 6 heteroatoms. The van der Waals surface area contributed by atoms with Crippen LogP contribution in [-0.4, -0.2) is 50.6 Å². The lowest BCUT2D eigenvalue weighted by Gasteiger charge is -2.36. The molecule has 0 radical (unpaired) electrons. The maximum Gasteiger partial charge on any atom is 0.238 e. The molecular weight excluding hydrogens is 350 g/mol. The second kappa shape index (κ2) is 8.43. The fourth-order valence-electron chi connectivity index (χ4n) is 3.16. The summed E-state index contributed by atoms with van der Waals surface area (Å²) in [6.07, 6.45) is 0. The molecule has 1 saturated heterocycles. The number of hydrogen-bond acceptors (Lipinski definition) is 4. The van der Waals surface area contributed by atoms with E-state index in [4.69, 9.17) is 16.3 Å². The van der Waals surface area contributed by atoms with E-state index in [9.17, 15) is 4.79 Å². The molecule has 2 aromatic carbocycles. The quantitative estimate of drug-likeness (QED) is 0.872. The first-order valence-corrected chi connectivity index (χ1v) is 9.11. The summed E-state index contributed by atoms with van der Waals surface area (Å²) in [5.41, 5.74) is 2.88. The van der Waals surface area contributed by atoms with Crippen molar-refractivity contribution < 1.29 is 9.53 Å². The van der Waals surface area contributed by atoms with Gasteiger partial charge in [-0.1, -0.05) is 29.8 Å². The van der Waals surface area contributed by atoms with Gasteiger partial charge in [0.25, 0.3) is 0 Å². The molecule has 0 aliphatic carbocycles. The highest BCUT2D eigenvalue weighted by atomic mass is 35.5. The minimum atomic E-state index is -0.0129. The largest absolute Gasteiger partial charge is 0.495 e. The number of piperazine rings is 1. The van der Waals surface area contributed by atoms with Crippen LogP contribution < -0.4 is 15.0 Å². The molecule has 1 N–H and O–H groups in total. The Morgan fingerprint density at radius 1 is 1.15 bits per heavy atom. The number of halogens is 1. The zero-order valence-corrected chi connectivity index (χ0v) is 15.9. The molecule has 0 atom stereocenters. The van der Waals surface area contributed by atoms with Gasteiger partial charge in [0, 0.05) is 36.9 Å². The molecule has 1 heterocycles. The Bertz CT molecular complexity index is 773. The smallest absolute Gasteiger partial charge is 0.238 e. The summed E-state index contributed by atoms with van der Waals surface area (Å²) in [5.74, 6) is 0.872. The third-order valence-corrected chi connectivity index (χ3v) is 4.87. The predicted octanol–water partition coefficient (Wildman–Crippen LogP) is 3.42. The fourth-order valence-corrected chi connectivity index (χ4v) is 3.33. The van der Waals surface area contributed by atoms with Crippen LogP contribution in [0.1, 0.15) is 5.56 Å². The first-order chi connectivity index (χ1) is 12.6. The lowest BCUT2D eigenvalue weighted by molar-refractivity contribution is -0.117. The van der Waals surface area contributed by atoms with Gasteiger partial charge < -0.3 is 15.0 Å². The topological polar surface area (TPSA) is 44.8 Å². The molecular formula is C20H24ClN3O2. The Morgan fingerprint density at radius 3 is 2.62 bits per heavy atom. The van der Waals surface area contributed by atoms with E-state index in [1.54, 1.807) is 13.2 Å². The van der Waals surface area contributed by atoms with Crippen molar-refractivity contribution in [2.24, 2.45) is 0 Å². The van der Waals surface area contributed by atoms with E-state index in [0.29, 0.717) is 11.6 Å². The van der Waals surface area contributed by atoms with Gasteiger partial charge in [0.15, 0.2) is 0 Å². The SMILES string of the molecule is COc1ccccc1N1CCN(CC(=O)Nc2cc(Cl)ccc2C)CC1. The number of nitrogens with one attached hydrogen (secondary N) is 1. The number of carbonyl (C=O) groups excluding carboxylic acids is 1. The highest BCUT2D eigenvalue weighted by molar-refractivity contribution is 6.31. The second-order valence-electron chi connectivity index (χ2n) is 6.44. The van der Waals surface area contributed by atoms with Crippen molar-refractivity contribution >= 4 is 28.9 Å². The molecule has 138 valence electrons. The molecule has 0 unspecified atom stereocenters. The summed E-state index contributed by atoms with van der Waals surface area (Å²) in [6.45, 7) is 5.73. The van der Waals surface area contributed by atoms with E-state index < -0.39 is 0 Å². The number of anilines is 2. The van der Waals surface area contributed by atoms with Gasteiger partial charge in [-0.25, -0.2) is 0 Å². The average molecular weight is 374 g/mol. The van der Waals surface area contributed by atoms with E-state index in [1.165, 1.54) is 0 Å². The zero-order chi connectivity index (χ0) is 18.5. The summed E-state index contributed by atoms with van der Waals surface area (Å²) in [4.78, 5) is 16.8. The Morgan fingerprint density at radius 2 is 1.88 bits per heavy atom. The lowest BCUT2D eigenvalue weighted by Crippen LogP contribution is -2.48. The highest BCUT2D eigenvalue weighted by Crippen LogP contribution is 2.28. The van der Waals surface area contributed by atoms with Crippen molar-refractivity contribution in [3.63, 3.8) is 0 Å². The standard InChI is InChI=1S/C20H24ClN3O2/c1-15-7-8-16(21)13-17(15)22-20(25)14-23-9-11-24(12-10-23)18-5-3-4-6-19(18)26-2/h3-8,13H,9-12,14H2,1-2H3,(H,22,25). The van der Waals surface area contributed by atoms with E-state index in [0.717, 1.165) is 48.9 Å². The maximum absolute atomic E-state index is 12.4. The van der Waals surface area contributed by atoms with Crippen LogP contribution in [0.5, 0.6) is 5.75 Å². The van der Waals surface area contributed by atoms with Crippen LogP contribution in [0.3, 0.4) is 0 Å². The van der Waals surface area contributed by atoms with Gasteiger partial charge in [0.2, 0.25) is 5.91 Å². The van der Waals surface area contributed by atoms with Crippen LogP contribution in [0.2, 0.25) is 5.02 Å². The molecule has 1 aliphatic rings. The minimum absolute atomic E-state index is 0.0129.